The van der Waals surface area contributed by atoms with E-state index in [-0.39, 0.29) is 11.5 Å². The highest BCUT2D eigenvalue weighted by molar-refractivity contribution is 7.92. The Morgan fingerprint density at radius 1 is 1.10 bits per heavy atom. The zero-order valence-corrected chi connectivity index (χ0v) is 12.4. The first-order chi connectivity index (χ1) is 10.1. The highest BCUT2D eigenvalue weighted by Gasteiger charge is 2.18. The Bertz CT molecular complexity index is 696. The molecule has 2 rings (SSSR count). The first kappa shape index (κ1) is 15.3. The van der Waals surface area contributed by atoms with Gasteiger partial charge in [-0.15, -0.1) is 0 Å². The van der Waals surface area contributed by atoms with Crippen molar-refractivity contribution in [2.75, 3.05) is 18.4 Å². The van der Waals surface area contributed by atoms with Crippen LogP contribution in [-0.2, 0) is 16.4 Å². The number of anilines is 1. The highest BCUT2D eigenvalue weighted by Crippen LogP contribution is 2.25. The summed E-state index contributed by atoms with van der Waals surface area (Å²) in [4.78, 5) is 0.0898. The Balaban J connectivity index is 2.24. The number of aliphatic hydroxyl groups is 1. The van der Waals surface area contributed by atoms with Gasteiger partial charge in [0.05, 0.1) is 7.11 Å². The molecular weight excluding hydrogens is 290 g/mol. The van der Waals surface area contributed by atoms with E-state index in [0.717, 1.165) is 5.56 Å². The number of ether oxygens (including phenoxy) is 1. The summed E-state index contributed by atoms with van der Waals surface area (Å²) in [5, 5.41) is 8.86. The Morgan fingerprint density at radius 2 is 1.76 bits per heavy atom. The van der Waals surface area contributed by atoms with Crippen molar-refractivity contribution in [2.45, 2.75) is 11.3 Å². The lowest BCUT2D eigenvalue weighted by atomic mass is 10.1. The Labute approximate surface area is 124 Å². The fourth-order valence-corrected chi connectivity index (χ4v) is 3.15. The van der Waals surface area contributed by atoms with E-state index in [9.17, 15) is 8.42 Å². The first-order valence-electron chi connectivity index (χ1n) is 6.42. The number of rotatable bonds is 6. The van der Waals surface area contributed by atoms with Gasteiger partial charge in [-0.1, -0.05) is 24.3 Å². The van der Waals surface area contributed by atoms with Gasteiger partial charge < -0.3 is 9.84 Å². The molecule has 2 N–H and O–H groups in total. The first-order valence-corrected chi connectivity index (χ1v) is 7.91. The van der Waals surface area contributed by atoms with Crippen LogP contribution in [-0.4, -0.2) is 27.2 Å². The standard InChI is InChI=1S/C15H17NO4S/c1-20-14-4-2-3-5-15(14)21(18,19)16-13-8-6-12(7-9-13)10-11-17/h2-9,16-17H,10-11H2,1H3. The summed E-state index contributed by atoms with van der Waals surface area (Å²) in [6, 6.07) is 13.3. The molecule has 0 spiro atoms. The van der Waals surface area contributed by atoms with Gasteiger partial charge >= 0.3 is 0 Å². The van der Waals surface area contributed by atoms with Gasteiger partial charge in [0.15, 0.2) is 0 Å². The molecular formula is C15H17NO4S. The second-order valence-electron chi connectivity index (χ2n) is 4.43. The van der Waals surface area contributed by atoms with E-state index >= 15 is 0 Å². The molecule has 0 aliphatic rings. The molecule has 0 saturated heterocycles. The van der Waals surface area contributed by atoms with E-state index in [1.165, 1.54) is 13.2 Å². The third kappa shape index (κ3) is 3.74. The number of hydrogen-bond donors (Lipinski definition) is 2. The summed E-state index contributed by atoms with van der Waals surface area (Å²) in [5.74, 6) is 0.293. The molecule has 0 atom stereocenters. The van der Waals surface area contributed by atoms with Crippen molar-refractivity contribution >= 4 is 15.7 Å². The topological polar surface area (TPSA) is 75.6 Å². The summed E-state index contributed by atoms with van der Waals surface area (Å²) in [5.41, 5.74) is 1.40. The van der Waals surface area contributed by atoms with E-state index in [2.05, 4.69) is 4.72 Å². The lowest BCUT2D eigenvalue weighted by molar-refractivity contribution is 0.299. The van der Waals surface area contributed by atoms with Crippen LogP contribution in [0.15, 0.2) is 53.4 Å². The van der Waals surface area contributed by atoms with Crippen LogP contribution in [0.3, 0.4) is 0 Å². The van der Waals surface area contributed by atoms with Gasteiger partial charge in [-0.25, -0.2) is 8.42 Å². The minimum absolute atomic E-state index is 0.0618. The normalized spacial score (nSPS) is 11.1. The van der Waals surface area contributed by atoms with Crippen LogP contribution < -0.4 is 9.46 Å². The number of aliphatic hydroxyl groups excluding tert-OH is 1. The molecule has 0 saturated carbocycles. The molecule has 0 bridgehead atoms. The molecule has 2 aromatic carbocycles. The third-order valence-electron chi connectivity index (χ3n) is 2.97. The molecule has 0 unspecified atom stereocenters. The predicted molar refractivity (Wildman–Crippen MR) is 81.0 cm³/mol. The Kier molecular flexibility index (Phi) is 4.82. The average molecular weight is 307 g/mol. The Hall–Kier alpha value is -2.05. The molecule has 0 aliphatic heterocycles. The second-order valence-corrected chi connectivity index (χ2v) is 6.08. The molecule has 6 heteroatoms. The van der Waals surface area contributed by atoms with Crippen LogP contribution in [0, 0.1) is 0 Å². The Morgan fingerprint density at radius 3 is 2.38 bits per heavy atom. The molecule has 21 heavy (non-hydrogen) atoms. The summed E-state index contributed by atoms with van der Waals surface area (Å²) in [6.07, 6.45) is 0.541. The van der Waals surface area contributed by atoms with Gasteiger partial charge in [0.2, 0.25) is 0 Å². The summed E-state index contributed by atoms with van der Waals surface area (Å²) in [7, 11) is -2.28. The molecule has 5 nitrogen and oxygen atoms in total. The number of hydrogen-bond acceptors (Lipinski definition) is 4. The highest BCUT2D eigenvalue weighted by atomic mass is 32.2. The molecule has 0 radical (unpaired) electrons. The van der Waals surface area contributed by atoms with Gasteiger partial charge in [0, 0.05) is 12.3 Å². The van der Waals surface area contributed by atoms with Crippen LogP contribution in [0.5, 0.6) is 5.75 Å². The fraction of sp³-hybridized carbons (Fsp3) is 0.200. The molecule has 0 fully saturated rings. The monoisotopic (exact) mass is 307 g/mol. The predicted octanol–water partition coefficient (Wildman–Crippen LogP) is 2.03. The maximum absolute atomic E-state index is 12.4. The van der Waals surface area contributed by atoms with E-state index in [4.69, 9.17) is 9.84 Å². The SMILES string of the molecule is COc1ccccc1S(=O)(=O)Nc1ccc(CCO)cc1. The molecule has 112 valence electrons. The lowest BCUT2D eigenvalue weighted by Crippen LogP contribution is -2.14. The second kappa shape index (κ2) is 6.60. The fourth-order valence-electron chi connectivity index (χ4n) is 1.92. The lowest BCUT2D eigenvalue weighted by Gasteiger charge is -2.11. The summed E-state index contributed by atoms with van der Waals surface area (Å²) < 4.78 is 32.3. The summed E-state index contributed by atoms with van der Waals surface area (Å²) in [6.45, 7) is 0.0618. The van der Waals surface area contributed by atoms with Gasteiger partial charge in [-0.05, 0) is 36.2 Å². The van der Waals surface area contributed by atoms with Crippen molar-refractivity contribution in [3.63, 3.8) is 0 Å². The van der Waals surface area contributed by atoms with E-state index < -0.39 is 10.0 Å². The summed E-state index contributed by atoms with van der Waals surface area (Å²) >= 11 is 0. The number of nitrogens with one attached hydrogen (secondary N) is 1. The van der Waals surface area contributed by atoms with Gasteiger partial charge in [-0.2, -0.15) is 0 Å². The average Bonchev–Trinajstić information content (AvgIpc) is 2.49. The molecule has 0 heterocycles. The van der Waals surface area contributed by atoms with Crippen LogP contribution in [0.1, 0.15) is 5.56 Å². The van der Waals surface area contributed by atoms with Crippen LogP contribution >= 0.6 is 0 Å². The van der Waals surface area contributed by atoms with Crippen molar-refractivity contribution in [2.24, 2.45) is 0 Å². The number of benzene rings is 2. The van der Waals surface area contributed by atoms with Gasteiger partial charge in [0.25, 0.3) is 10.0 Å². The van der Waals surface area contributed by atoms with Gasteiger partial charge in [-0.3, -0.25) is 4.72 Å². The smallest absolute Gasteiger partial charge is 0.265 e. The van der Waals surface area contributed by atoms with Gasteiger partial charge in [0.1, 0.15) is 10.6 Å². The number of methoxy groups -OCH3 is 1. The van der Waals surface area contributed by atoms with Crippen molar-refractivity contribution in [3.8, 4) is 5.75 Å². The van der Waals surface area contributed by atoms with Crippen LogP contribution in [0.25, 0.3) is 0 Å². The molecule has 2 aromatic rings. The molecule has 0 aliphatic carbocycles. The maximum Gasteiger partial charge on any atom is 0.265 e. The molecule has 0 aromatic heterocycles. The van der Waals surface area contributed by atoms with Crippen LogP contribution in [0.2, 0.25) is 0 Å². The third-order valence-corrected chi connectivity index (χ3v) is 4.39. The van der Waals surface area contributed by atoms with Crippen molar-refractivity contribution < 1.29 is 18.3 Å². The zero-order valence-electron chi connectivity index (χ0n) is 11.6. The van der Waals surface area contributed by atoms with Crippen molar-refractivity contribution in [3.05, 3.63) is 54.1 Å². The minimum atomic E-state index is -3.71. The number of sulfonamides is 1. The largest absolute Gasteiger partial charge is 0.495 e. The van der Waals surface area contributed by atoms with E-state index in [1.54, 1.807) is 42.5 Å². The zero-order chi connectivity index (χ0) is 15.3. The van der Waals surface area contributed by atoms with E-state index in [1.807, 2.05) is 0 Å². The molecule has 0 amide bonds. The van der Waals surface area contributed by atoms with Crippen molar-refractivity contribution in [1.82, 2.24) is 0 Å². The number of para-hydroxylation sites is 1. The van der Waals surface area contributed by atoms with Crippen molar-refractivity contribution in [1.29, 1.82) is 0 Å². The van der Waals surface area contributed by atoms with E-state index in [0.29, 0.717) is 17.9 Å². The van der Waals surface area contributed by atoms with Crippen LogP contribution in [0.4, 0.5) is 5.69 Å². The minimum Gasteiger partial charge on any atom is -0.495 e. The quantitative estimate of drug-likeness (QED) is 0.856. The maximum atomic E-state index is 12.4.